The van der Waals surface area contributed by atoms with Gasteiger partial charge >= 0.3 is 6.18 Å². The van der Waals surface area contributed by atoms with Gasteiger partial charge in [0.05, 0.1) is 20.3 Å². The monoisotopic (exact) mass is 365 g/mol. The number of benzene rings is 2. The summed E-state index contributed by atoms with van der Waals surface area (Å²) >= 11 is 0. The molecule has 0 spiro atoms. The Morgan fingerprint density at radius 1 is 1.15 bits per heavy atom. The Balaban J connectivity index is 1.77. The molecule has 0 aliphatic carbocycles. The van der Waals surface area contributed by atoms with E-state index >= 15 is 0 Å². The van der Waals surface area contributed by atoms with Crippen LogP contribution in [0.1, 0.15) is 10.4 Å². The van der Waals surface area contributed by atoms with Crippen LogP contribution in [0.5, 0.6) is 5.75 Å². The third-order valence-electron chi connectivity index (χ3n) is 4.27. The fourth-order valence-corrected chi connectivity index (χ4v) is 2.89. The van der Waals surface area contributed by atoms with Gasteiger partial charge in [-0.25, -0.2) is 0 Å². The van der Waals surface area contributed by atoms with E-state index in [0.29, 0.717) is 11.3 Å². The van der Waals surface area contributed by atoms with Crippen molar-refractivity contribution in [1.82, 2.24) is 4.90 Å². The van der Waals surface area contributed by atoms with Crippen LogP contribution in [0.25, 0.3) is 11.1 Å². The lowest BCUT2D eigenvalue weighted by Crippen LogP contribution is -2.51. The minimum absolute atomic E-state index is 0.130. The number of methoxy groups -OCH3 is 1. The van der Waals surface area contributed by atoms with Crippen molar-refractivity contribution in [2.45, 2.75) is 12.3 Å². The maximum atomic E-state index is 12.8. The lowest BCUT2D eigenvalue weighted by atomic mass is 10.0. The van der Waals surface area contributed by atoms with Crippen molar-refractivity contribution in [3.8, 4) is 16.9 Å². The molecule has 0 bridgehead atoms. The van der Waals surface area contributed by atoms with Crippen molar-refractivity contribution in [3.63, 3.8) is 0 Å². The molecule has 0 unspecified atom stereocenters. The average molecular weight is 365 g/mol. The zero-order valence-corrected chi connectivity index (χ0v) is 14.1. The Morgan fingerprint density at radius 3 is 2.50 bits per heavy atom. The summed E-state index contributed by atoms with van der Waals surface area (Å²) in [5.74, 6) is 0.266. The minimum atomic E-state index is -4.48. The predicted octanol–water partition coefficient (Wildman–Crippen LogP) is 3.77. The smallest absolute Gasteiger partial charge is 0.416 e. The summed E-state index contributed by atoms with van der Waals surface area (Å²) in [7, 11) is 1.58. The molecule has 2 aromatic rings. The van der Waals surface area contributed by atoms with Crippen LogP contribution in [-0.4, -0.2) is 49.9 Å². The number of carbonyl (C=O) groups excluding carboxylic acids is 1. The second-order valence-electron chi connectivity index (χ2n) is 5.93. The van der Waals surface area contributed by atoms with E-state index in [-0.39, 0.29) is 13.2 Å². The van der Waals surface area contributed by atoms with E-state index in [9.17, 15) is 18.0 Å². The van der Waals surface area contributed by atoms with Gasteiger partial charge in [-0.1, -0.05) is 30.3 Å². The van der Waals surface area contributed by atoms with Gasteiger partial charge in [0.1, 0.15) is 5.75 Å². The lowest BCUT2D eigenvalue weighted by Gasteiger charge is -2.33. The highest BCUT2D eigenvalue weighted by Crippen LogP contribution is 2.30. The third-order valence-corrected chi connectivity index (χ3v) is 4.27. The van der Waals surface area contributed by atoms with Crippen LogP contribution in [0, 0.1) is 0 Å². The van der Waals surface area contributed by atoms with E-state index < -0.39 is 24.7 Å². The number of hydrogen-bond donors (Lipinski definition) is 0. The topological polar surface area (TPSA) is 38.8 Å². The van der Waals surface area contributed by atoms with Crippen LogP contribution in [0.2, 0.25) is 0 Å². The molecule has 4 nitrogen and oxygen atoms in total. The van der Waals surface area contributed by atoms with Crippen molar-refractivity contribution in [3.05, 3.63) is 54.1 Å². The Kier molecular flexibility index (Phi) is 5.18. The molecule has 1 atom stereocenters. The van der Waals surface area contributed by atoms with Crippen LogP contribution in [-0.2, 0) is 4.74 Å². The van der Waals surface area contributed by atoms with Crippen molar-refractivity contribution in [2.24, 2.45) is 0 Å². The molecule has 1 aliphatic heterocycles. The number of hydrogen-bond acceptors (Lipinski definition) is 3. The first-order valence-corrected chi connectivity index (χ1v) is 8.11. The number of halogens is 3. The van der Waals surface area contributed by atoms with E-state index in [4.69, 9.17) is 9.47 Å². The van der Waals surface area contributed by atoms with Gasteiger partial charge in [-0.3, -0.25) is 4.79 Å². The second kappa shape index (κ2) is 7.37. The Labute approximate surface area is 149 Å². The fraction of sp³-hybridized carbons (Fsp3) is 0.316. The van der Waals surface area contributed by atoms with Gasteiger partial charge in [0.25, 0.3) is 5.91 Å². The van der Waals surface area contributed by atoms with Gasteiger partial charge in [-0.05, 0) is 23.8 Å². The lowest BCUT2D eigenvalue weighted by molar-refractivity contribution is -0.233. The molecule has 0 saturated carbocycles. The number of alkyl halides is 3. The molecule has 1 fully saturated rings. The number of rotatable bonds is 3. The van der Waals surface area contributed by atoms with Crippen LogP contribution in [0.15, 0.2) is 48.5 Å². The molecule has 1 saturated heterocycles. The molecule has 1 amide bonds. The van der Waals surface area contributed by atoms with Crippen molar-refractivity contribution >= 4 is 5.91 Å². The summed E-state index contributed by atoms with van der Waals surface area (Å²) in [4.78, 5) is 13.7. The summed E-state index contributed by atoms with van der Waals surface area (Å²) in [6, 6.07) is 14.2. The fourth-order valence-electron chi connectivity index (χ4n) is 2.89. The molecular formula is C19H18F3NO3. The molecular weight excluding hydrogens is 347 g/mol. The number of ether oxygens (including phenoxy) is 2. The van der Waals surface area contributed by atoms with Crippen molar-refractivity contribution in [2.75, 3.05) is 26.8 Å². The first kappa shape index (κ1) is 18.3. The van der Waals surface area contributed by atoms with Crippen LogP contribution in [0.4, 0.5) is 13.2 Å². The van der Waals surface area contributed by atoms with E-state index in [0.717, 1.165) is 11.1 Å². The van der Waals surface area contributed by atoms with Crippen molar-refractivity contribution < 1.29 is 27.4 Å². The first-order chi connectivity index (χ1) is 12.4. The van der Waals surface area contributed by atoms with Gasteiger partial charge in [-0.15, -0.1) is 0 Å². The third kappa shape index (κ3) is 3.83. The van der Waals surface area contributed by atoms with Crippen LogP contribution in [0.3, 0.4) is 0 Å². The Morgan fingerprint density at radius 2 is 1.85 bits per heavy atom. The quantitative estimate of drug-likeness (QED) is 0.831. The molecule has 0 N–H and O–H groups in total. The summed E-state index contributed by atoms with van der Waals surface area (Å²) in [5.41, 5.74) is 2.07. The molecule has 1 heterocycles. The van der Waals surface area contributed by atoms with Gasteiger partial charge in [0.15, 0.2) is 6.10 Å². The zero-order valence-electron chi connectivity index (χ0n) is 14.1. The number of nitrogens with zero attached hydrogens (tertiary/aromatic N) is 1. The Bertz CT molecular complexity index is 774. The van der Waals surface area contributed by atoms with Gasteiger partial charge in [-0.2, -0.15) is 13.2 Å². The zero-order chi connectivity index (χ0) is 18.7. The standard InChI is InChI=1S/C19H18F3NO3/c1-25-16-5-3-2-4-15(16)13-6-8-14(9-7-13)18(24)23-10-11-26-17(12-23)19(20,21)22/h2-9,17H,10-12H2,1H3/t17-/m0/s1. The minimum Gasteiger partial charge on any atom is -0.496 e. The second-order valence-corrected chi connectivity index (χ2v) is 5.93. The highest BCUT2D eigenvalue weighted by molar-refractivity contribution is 5.95. The molecule has 26 heavy (non-hydrogen) atoms. The molecule has 0 aromatic heterocycles. The van der Waals surface area contributed by atoms with E-state index in [1.807, 2.05) is 24.3 Å². The molecule has 2 aromatic carbocycles. The van der Waals surface area contributed by atoms with Crippen molar-refractivity contribution in [1.29, 1.82) is 0 Å². The number of amides is 1. The highest BCUT2D eigenvalue weighted by atomic mass is 19.4. The Hall–Kier alpha value is -2.54. The molecule has 7 heteroatoms. The maximum Gasteiger partial charge on any atom is 0.416 e. The first-order valence-electron chi connectivity index (χ1n) is 8.11. The van der Waals surface area contributed by atoms with Crippen LogP contribution < -0.4 is 4.74 Å². The number of para-hydroxylation sites is 1. The summed E-state index contributed by atoms with van der Waals surface area (Å²) in [6.45, 7) is -0.481. The number of morpholine rings is 1. The van der Waals surface area contributed by atoms with Crippen LogP contribution >= 0.6 is 0 Å². The van der Waals surface area contributed by atoms with E-state index in [1.54, 1.807) is 31.4 Å². The predicted molar refractivity (Wildman–Crippen MR) is 90.1 cm³/mol. The SMILES string of the molecule is COc1ccccc1-c1ccc(C(=O)N2CCO[C@H](C(F)(F)F)C2)cc1. The summed E-state index contributed by atoms with van der Waals surface area (Å²) in [5, 5.41) is 0. The number of carbonyl (C=O) groups is 1. The average Bonchev–Trinajstić information content (AvgIpc) is 2.67. The molecule has 1 aliphatic rings. The van der Waals surface area contributed by atoms with Gasteiger partial charge in [0.2, 0.25) is 0 Å². The molecule has 138 valence electrons. The van der Waals surface area contributed by atoms with Gasteiger partial charge in [0, 0.05) is 17.7 Å². The summed E-state index contributed by atoms with van der Waals surface area (Å²) < 4.78 is 48.5. The largest absolute Gasteiger partial charge is 0.496 e. The van der Waals surface area contributed by atoms with Gasteiger partial charge < -0.3 is 14.4 Å². The molecule has 0 radical (unpaired) electrons. The summed E-state index contributed by atoms with van der Waals surface area (Å²) in [6.07, 6.45) is -6.42. The van der Waals surface area contributed by atoms with E-state index in [2.05, 4.69) is 0 Å². The molecule has 3 rings (SSSR count). The van der Waals surface area contributed by atoms with E-state index in [1.165, 1.54) is 4.90 Å². The normalized spacial score (nSPS) is 17.8. The highest BCUT2D eigenvalue weighted by Gasteiger charge is 2.44. The maximum absolute atomic E-state index is 12.8.